The Kier molecular flexibility index (Phi) is 3.22. The van der Waals surface area contributed by atoms with Crippen molar-refractivity contribution in [1.29, 1.82) is 5.26 Å². The molecular weight excluding hydrogens is 112 g/mol. The van der Waals surface area contributed by atoms with Gasteiger partial charge in [0, 0.05) is 5.70 Å². The van der Waals surface area contributed by atoms with Crippen LogP contribution in [0.1, 0.15) is 13.3 Å². The third-order valence-electron chi connectivity index (χ3n) is 0.875. The summed E-state index contributed by atoms with van der Waals surface area (Å²) in [6, 6.07) is 1.94. The van der Waals surface area contributed by atoms with Crippen molar-refractivity contribution in [1.82, 2.24) is 0 Å². The van der Waals surface area contributed by atoms with Crippen LogP contribution in [-0.4, -0.2) is 0 Å². The van der Waals surface area contributed by atoms with E-state index in [2.05, 4.69) is 6.58 Å². The molecule has 2 N–H and O–H groups in total. The fourth-order valence-corrected chi connectivity index (χ4v) is 0.453. The lowest BCUT2D eigenvalue weighted by Crippen LogP contribution is -1.96. The van der Waals surface area contributed by atoms with Gasteiger partial charge in [-0.1, -0.05) is 19.6 Å². The van der Waals surface area contributed by atoms with Crippen LogP contribution in [0.2, 0.25) is 0 Å². The van der Waals surface area contributed by atoms with Gasteiger partial charge in [0.25, 0.3) is 0 Å². The maximum absolute atomic E-state index is 8.37. The first kappa shape index (κ1) is 7.77. The van der Waals surface area contributed by atoms with Gasteiger partial charge in [-0.2, -0.15) is 5.26 Å². The van der Waals surface area contributed by atoms with Crippen LogP contribution in [0.4, 0.5) is 0 Å². The van der Waals surface area contributed by atoms with Crippen LogP contribution in [0.15, 0.2) is 23.9 Å². The highest BCUT2D eigenvalue weighted by atomic mass is 14.6. The quantitative estimate of drug-likeness (QED) is 0.443. The normalized spacial score (nSPS) is 10.4. The maximum Gasteiger partial charge on any atom is 0.101 e. The second kappa shape index (κ2) is 3.73. The van der Waals surface area contributed by atoms with Crippen molar-refractivity contribution >= 4 is 0 Å². The molecule has 9 heavy (non-hydrogen) atoms. The molecule has 0 aliphatic rings. The lowest BCUT2D eigenvalue weighted by Gasteiger charge is -1.91. The monoisotopic (exact) mass is 122 g/mol. The first-order chi connectivity index (χ1) is 4.22. The van der Waals surface area contributed by atoms with Crippen LogP contribution < -0.4 is 5.73 Å². The van der Waals surface area contributed by atoms with Crippen molar-refractivity contribution in [3.05, 3.63) is 23.9 Å². The van der Waals surface area contributed by atoms with Crippen molar-refractivity contribution in [3.63, 3.8) is 0 Å². The van der Waals surface area contributed by atoms with Gasteiger partial charge in [0.05, 0.1) is 5.57 Å². The number of nitrogens with two attached hydrogens (primary N) is 1. The number of nitriles is 1. The predicted octanol–water partition coefficient (Wildman–Crippen LogP) is 1.32. The summed E-state index contributed by atoms with van der Waals surface area (Å²) in [6.07, 6.45) is 2.57. The maximum atomic E-state index is 8.37. The molecule has 0 bridgehead atoms. The molecule has 0 heterocycles. The first-order valence-electron chi connectivity index (χ1n) is 2.77. The molecule has 2 heteroatoms. The summed E-state index contributed by atoms with van der Waals surface area (Å²) >= 11 is 0. The molecule has 2 nitrogen and oxygen atoms in total. The number of hydrogen-bond acceptors (Lipinski definition) is 2. The second-order valence-corrected chi connectivity index (χ2v) is 1.66. The van der Waals surface area contributed by atoms with Crippen molar-refractivity contribution < 1.29 is 0 Å². The van der Waals surface area contributed by atoms with E-state index in [1.807, 2.05) is 13.0 Å². The van der Waals surface area contributed by atoms with Crippen LogP contribution in [0, 0.1) is 11.3 Å². The van der Waals surface area contributed by atoms with Gasteiger partial charge in [0.15, 0.2) is 0 Å². The van der Waals surface area contributed by atoms with E-state index in [1.165, 1.54) is 0 Å². The summed E-state index contributed by atoms with van der Waals surface area (Å²) in [5.41, 5.74) is 6.08. The fourth-order valence-electron chi connectivity index (χ4n) is 0.453. The van der Waals surface area contributed by atoms with Gasteiger partial charge in [0.2, 0.25) is 0 Å². The summed E-state index contributed by atoms with van der Waals surface area (Å²) in [6.45, 7) is 5.38. The number of rotatable bonds is 2. The highest BCUT2D eigenvalue weighted by molar-refractivity contribution is 5.37. The largest absolute Gasteiger partial charge is 0.398 e. The van der Waals surface area contributed by atoms with E-state index in [1.54, 1.807) is 6.08 Å². The lowest BCUT2D eigenvalue weighted by atomic mass is 10.2. The Bertz CT molecular complexity index is 172. The topological polar surface area (TPSA) is 49.8 Å². The van der Waals surface area contributed by atoms with E-state index in [9.17, 15) is 0 Å². The highest BCUT2D eigenvalue weighted by Crippen LogP contribution is 1.99. The third-order valence-corrected chi connectivity index (χ3v) is 0.875. The minimum Gasteiger partial charge on any atom is -0.398 e. The summed E-state index contributed by atoms with van der Waals surface area (Å²) in [7, 11) is 0. The zero-order valence-electron chi connectivity index (χ0n) is 5.52. The van der Waals surface area contributed by atoms with Crippen molar-refractivity contribution in [2.45, 2.75) is 13.3 Å². The summed E-state index contributed by atoms with van der Waals surface area (Å²) < 4.78 is 0. The Morgan fingerprint density at radius 3 is 2.56 bits per heavy atom. The van der Waals surface area contributed by atoms with Gasteiger partial charge >= 0.3 is 0 Å². The second-order valence-electron chi connectivity index (χ2n) is 1.66. The average Bonchev–Trinajstić information content (AvgIpc) is 1.82. The standard InChI is InChI=1S/C7H10N2/c1-3-4-7(5-8)6(2)9/h4H,2-3,9H2,1H3/b7-4-. The third kappa shape index (κ3) is 2.55. The van der Waals surface area contributed by atoms with Crippen LogP contribution in [0.3, 0.4) is 0 Å². The van der Waals surface area contributed by atoms with Crippen LogP contribution in [-0.2, 0) is 0 Å². The molecular formula is C7H10N2. The van der Waals surface area contributed by atoms with Crippen molar-refractivity contribution in [3.8, 4) is 6.07 Å². The molecule has 0 aromatic rings. The molecule has 0 spiro atoms. The van der Waals surface area contributed by atoms with Crippen molar-refractivity contribution in [2.75, 3.05) is 0 Å². The van der Waals surface area contributed by atoms with E-state index < -0.39 is 0 Å². The summed E-state index contributed by atoms with van der Waals surface area (Å²) in [5.74, 6) is 0. The van der Waals surface area contributed by atoms with Gasteiger partial charge in [-0.05, 0) is 6.42 Å². The number of hydrogen-bond donors (Lipinski definition) is 1. The smallest absolute Gasteiger partial charge is 0.101 e. The Balaban J connectivity index is 4.20. The Labute approximate surface area is 55.3 Å². The molecule has 0 aromatic heterocycles. The Morgan fingerprint density at radius 2 is 2.44 bits per heavy atom. The van der Waals surface area contributed by atoms with Gasteiger partial charge in [-0.15, -0.1) is 0 Å². The molecule has 0 rings (SSSR count). The summed E-state index contributed by atoms with van der Waals surface area (Å²) in [4.78, 5) is 0. The molecule has 0 saturated heterocycles. The fraction of sp³-hybridized carbons (Fsp3) is 0.286. The number of allylic oxidation sites excluding steroid dienone is 2. The van der Waals surface area contributed by atoms with Gasteiger partial charge < -0.3 is 5.73 Å². The minimum absolute atomic E-state index is 0.347. The van der Waals surface area contributed by atoms with Crippen molar-refractivity contribution in [2.24, 2.45) is 5.73 Å². The first-order valence-corrected chi connectivity index (χ1v) is 2.77. The molecule has 0 amide bonds. The SMILES string of the molecule is C=C(N)/C(C#N)=C\CC. The molecule has 0 aromatic carbocycles. The molecule has 0 unspecified atom stereocenters. The molecule has 0 saturated carbocycles. The molecule has 0 aliphatic heterocycles. The molecule has 0 radical (unpaired) electrons. The van der Waals surface area contributed by atoms with E-state index in [4.69, 9.17) is 11.0 Å². The zero-order valence-corrected chi connectivity index (χ0v) is 5.52. The molecule has 0 aliphatic carbocycles. The lowest BCUT2D eigenvalue weighted by molar-refractivity contribution is 1.19. The van der Waals surface area contributed by atoms with Gasteiger partial charge in [-0.3, -0.25) is 0 Å². The molecule has 0 fully saturated rings. The van der Waals surface area contributed by atoms with E-state index in [0.29, 0.717) is 11.3 Å². The Hall–Kier alpha value is -1.23. The van der Waals surface area contributed by atoms with E-state index >= 15 is 0 Å². The predicted molar refractivity (Wildman–Crippen MR) is 37.3 cm³/mol. The van der Waals surface area contributed by atoms with Gasteiger partial charge in [0.1, 0.15) is 6.07 Å². The average molecular weight is 122 g/mol. The van der Waals surface area contributed by atoms with Crippen LogP contribution in [0.5, 0.6) is 0 Å². The summed E-state index contributed by atoms with van der Waals surface area (Å²) in [5, 5.41) is 8.37. The zero-order chi connectivity index (χ0) is 7.28. The van der Waals surface area contributed by atoms with E-state index in [0.717, 1.165) is 6.42 Å². The highest BCUT2D eigenvalue weighted by Gasteiger charge is 1.91. The molecule has 48 valence electrons. The van der Waals surface area contributed by atoms with Crippen LogP contribution in [0.25, 0.3) is 0 Å². The minimum atomic E-state index is 0.347. The van der Waals surface area contributed by atoms with Gasteiger partial charge in [-0.25, -0.2) is 0 Å². The number of nitrogens with zero attached hydrogens (tertiary/aromatic N) is 1. The molecule has 0 atom stereocenters. The van der Waals surface area contributed by atoms with Crippen LogP contribution >= 0.6 is 0 Å². The Morgan fingerprint density at radius 1 is 1.89 bits per heavy atom. The van der Waals surface area contributed by atoms with E-state index in [-0.39, 0.29) is 0 Å².